The Morgan fingerprint density at radius 1 is 0.662 bits per heavy atom. The first-order chi connectivity index (χ1) is 36.1. The summed E-state index contributed by atoms with van der Waals surface area (Å²) in [5, 5.41) is 0. The van der Waals surface area contributed by atoms with Gasteiger partial charge in [0.05, 0.1) is 87.6 Å². The molecule has 5 aromatic rings. The Bertz CT molecular complexity index is 3110. The predicted molar refractivity (Wildman–Crippen MR) is 277 cm³/mol. The molecule has 4 aliphatic heterocycles. The standard InChI is InChI=1S/C60H68N6O8/c1-71-53(67)29-59(31-73-32-59)57(69)65-49-9-5-3-7-41(49)27-51(65)55-61-45-21-19-39(25-47(45)63-55)43-23-35-11-15-37(43)17-13-36-12-16-38(18-14-35)44(24-36)40-20-22-46-48(26-40)64-56(62-46)52-28-42-8-4-6-10-50(42)66(52)58(70)60(33-74-34-60)30-54(68)72-2/h11-12,15-16,19-26,37,41-43,49-52H,3-10,13-14,17-18,27-34H2,1-2H3,(H,61,63)(H,62,64)/t37?,41-,42-,43+,49-,50-,51-,52-/m0/s1. The molecule has 4 bridgehead atoms. The molecular weight excluding hydrogens is 933 g/mol. The average Bonchev–Trinajstić information content (AvgIpc) is 4.21. The predicted octanol–water partition coefficient (Wildman–Crippen LogP) is 9.71. The van der Waals surface area contributed by atoms with Gasteiger partial charge in [0.25, 0.3) is 0 Å². The maximum atomic E-state index is 14.6. The second-order valence-electron chi connectivity index (χ2n) is 23.3. The minimum Gasteiger partial charge on any atom is -0.469 e. The lowest BCUT2D eigenvalue weighted by molar-refractivity contribution is -0.184. The monoisotopic (exact) mass is 1000 g/mol. The summed E-state index contributed by atoms with van der Waals surface area (Å²) in [6.45, 7) is 0.940. The average molecular weight is 1000 g/mol. The number of allylic oxidation sites excluding steroid dienone is 4. The van der Waals surface area contributed by atoms with Gasteiger partial charge in [-0.15, -0.1) is 0 Å². The molecule has 8 atom stereocenters. The number of aromatic amines is 2. The second-order valence-corrected chi connectivity index (χ2v) is 23.3. The Balaban J connectivity index is 0.752. The number of methoxy groups -OCH3 is 2. The van der Waals surface area contributed by atoms with Crippen molar-refractivity contribution in [1.82, 2.24) is 29.7 Å². The third-order valence-electron chi connectivity index (χ3n) is 18.9. The Hall–Kier alpha value is -6.12. The van der Waals surface area contributed by atoms with E-state index in [1.807, 2.05) is 0 Å². The van der Waals surface area contributed by atoms with E-state index >= 15 is 0 Å². The van der Waals surface area contributed by atoms with Crippen LogP contribution in [0.3, 0.4) is 0 Å². The van der Waals surface area contributed by atoms with Crippen molar-refractivity contribution in [3.05, 3.63) is 107 Å². The van der Waals surface area contributed by atoms with E-state index in [0.29, 0.717) is 17.8 Å². The number of ether oxygens (including phenoxy) is 4. The number of carbonyl (C=O) groups excluding carboxylic acids is 4. The van der Waals surface area contributed by atoms with Crippen LogP contribution in [0.2, 0.25) is 0 Å². The molecule has 74 heavy (non-hydrogen) atoms. The summed E-state index contributed by atoms with van der Waals surface area (Å²) in [7, 11) is 2.76. The highest BCUT2D eigenvalue weighted by Gasteiger charge is 2.58. The molecule has 14 heteroatoms. The number of H-pyrrole nitrogens is 2. The molecule has 2 aromatic heterocycles. The molecule has 1 unspecified atom stereocenters. The first-order valence-corrected chi connectivity index (χ1v) is 27.5. The van der Waals surface area contributed by atoms with E-state index in [-0.39, 0.29) is 93.1 Å². The van der Waals surface area contributed by atoms with Crippen LogP contribution in [0.1, 0.15) is 136 Å². The van der Waals surface area contributed by atoms with Crippen molar-refractivity contribution < 1.29 is 38.1 Å². The number of likely N-dealkylation sites (tertiary alicyclic amines) is 2. The van der Waals surface area contributed by atoms with Crippen LogP contribution in [0, 0.1) is 28.6 Å². The van der Waals surface area contributed by atoms with Crippen LogP contribution in [0.5, 0.6) is 0 Å². The van der Waals surface area contributed by atoms with Crippen molar-refractivity contribution in [1.29, 1.82) is 0 Å². The number of hydrogen-bond donors (Lipinski definition) is 2. The molecule has 0 spiro atoms. The van der Waals surface area contributed by atoms with E-state index in [2.05, 4.69) is 92.6 Å². The van der Waals surface area contributed by atoms with Gasteiger partial charge in [0.2, 0.25) is 11.8 Å². The van der Waals surface area contributed by atoms with Crippen LogP contribution in [0.4, 0.5) is 0 Å². The number of fused-ring (bicyclic) bond motifs is 4. The zero-order chi connectivity index (χ0) is 50.3. The van der Waals surface area contributed by atoms with Crippen molar-refractivity contribution in [2.24, 2.45) is 28.6 Å². The Labute approximate surface area is 432 Å². The summed E-state index contributed by atoms with van der Waals surface area (Å²) in [4.78, 5) is 76.5. The fourth-order valence-corrected chi connectivity index (χ4v) is 14.7. The number of nitrogens with one attached hydrogen (secondary N) is 2. The maximum absolute atomic E-state index is 14.6. The topological polar surface area (TPSA) is 169 Å². The molecule has 2 amide bonds. The number of nitrogens with zero attached hydrogens (tertiary/aromatic N) is 4. The third kappa shape index (κ3) is 8.20. The first-order valence-electron chi connectivity index (χ1n) is 27.5. The van der Waals surface area contributed by atoms with Gasteiger partial charge >= 0.3 is 11.9 Å². The van der Waals surface area contributed by atoms with Crippen molar-refractivity contribution in [3.63, 3.8) is 0 Å². The number of aromatic nitrogens is 4. The molecule has 4 saturated heterocycles. The molecule has 11 aliphatic rings. The van der Waals surface area contributed by atoms with E-state index in [1.165, 1.54) is 54.9 Å². The fourth-order valence-electron chi connectivity index (χ4n) is 14.7. The zero-order valence-electron chi connectivity index (χ0n) is 42.7. The molecule has 3 aromatic carbocycles. The number of rotatable bonds is 10. The van der Waals surface area contributed by atoms with Gasteiger partial charge in [-0.1, -0.05) is 79.8 Å². The maximum Gasteiger partial charge on any atom is 0.306 e. The van der Waals surface area contributed by atoms with Crippen LogP contribution in [0.25, 0.3) is 33.2 Å². The summed E-state index contributed by atoms with van der Waals surface area (Å²) in [6, 6.07) is 20.2. The van der Waals surface area contributed by atoms with Gasteiger partial charge in [-0.25, -0.2) is 9.97 Å². The lowest BCUT2D eigenvalue weighted by Crippen LogP contribution is -2.58. The van der Waals surface area contributed by atoms with Crippen LogP contribution in [0.15, 0.2) is 78.4 Å². The molecule has 14 nitrogen and oxygen atoms in total. The van der Waals surface area contributed by atoms with Crippen LogP contribution >= 0.6 is 0 Å². The molecule has 16 rings (SSSR count). The first kappa shape index (κ1) is 47.6. The van der Waals surface area contributed by atoms with Crippen molar-refractivity contribution in [2.75, 3.05) is 40.6 Å². The lowest BCUT2D eigenvalue weighted by atomic mass is 9.76. The number of imidazole rings is 2. The van der Waals surface area contributed by atoms with Gasteiger partial charge in [-0.05, 0) is 134 Å². The lowest BCUT2D eigenvalue weighted by Gasteiger charge is -2.45. The molecule has 6 fully saturated rings. The van der Waals surface area contributed by atoms with Crippen molar-refractivity contribution in [3.8, 4) is 11.1 Å². The third-order valence-corrected chi connectivity index (χ3v) is 18.9. The van der Waals surface area contributed by atoms with Gasteiger partial charge in [-0.3, -0.25) is 19.2 Å². The van der Waals surface area contributed by atoms with E-state index < -0.39 is 10.8 Å². The molecular formula is C60H68N6O8. The van der Waals surface area contributed by atoms with Crippen molar-refractivity contribution >= 4 is 45.8 Å². The van der Waals surface area contributed by atoms with E-state index in [0.717, 1.165) is 116 Å². The van der Waals surface area contributed by atoms with E-state index in [9.17, 15) is 19.2 Å². The van der Waals surface area contributed by atoms with Gasteiger partial charge in [0, 0.05) is 18.0 Å². The summed E-state index contributed by atoms with van der Waals surface area (Å²) in [6.07, 6.45) is 21.4. The summed E-state index contributed by atoms with van der Waals surface area (Å²) in [5.74, 6) is 2.19. The fraction of sp³-hybridized carbons (Fsp3) is 0.533. The number of aryl methyl sites for hydroxylation is 2. The molecule has 386 valence electrons. The highest BCUT2D eigenvalue weighted by molar-refractivity contribution is 5.91. The smallest absolute Gasteiger partial charge is 0.306 e. The number of esters is 2. The Kier molecular flexibility index (Phi) is 12.2. The molecule has 2 saturated carbocycles. The second kappa shape index (κ2) is 18.9. The molecule has 2 N–H and O–H groups in total. The summed E-state index contributed by atoms with van der Waals surface area (Å²) in [5.41, 5.74) is 9.53. The van der Waals surface area contributed by atoms with E-state index in [1.54, 1.807) is 0 Å². The summed E-state index contributed by atoms with van der Waals surface area (Å²) >= 11 is 0. The largest absolute Gasteiger partial charge is 0.469 e. The highest BCUT2D eigenvalue weighted by Crippen LogP contribution is 2.52. The van der Waals surface area contributed by atoms with Gasteiger partial charge in [0.15, 0.2) is 0 Å². The molecule has 6 heterocycles. The number of hydrogen-bond acceptors (Lipinski definition) is 10. The Morgan fingerprint density at radius 3 is 1.82 bits per heavy atom. The van der Waals surface area contributed by atoms with Gasteiger partial charge < -0.3 is 38.7 Å². The minimum atomic E-state index is -0.891. The minimum absolute atomic E-state index is 0.000755. The van der Waals surface area contributed by atoms with Crippen LogP contribution < -0.4 is 0 Å². The Morgan fingerprint density at radius 2 is 1.24 bits per heavy atom. The number of amides is 2. The van der Waals surface area contributed by atoms with Crippen molar-refractivity contribution in [2.45, 2.75) is 133 Å². The van der Waals surface area contributed by atoms with E-state index in [4.69, 9.17) is 28.9 Å². The normalized spacial score (nSPS) is 28.6. The zero-order valence-corrected chi connectivity index (χ0v) is 42.7. The molecule has 7 aliphatic carbocycles. The van der Waals surface area contributed by atoms with Gasteiger partial charge in [0.1, 0.15) is 22.5 Å². The summed E-state index contributed by atoms with van der Waals surface area (Å²) < 4.78 is 21.3. The quantitative estimate of drug-likeness (QED) is 0.129. The van der Waals surface area contributed by atoms with Crippen LogP contribution in [-0.4, -0.2) is 106 Å². The van der Waals surface area contributed by atoms with Gasteiger partial charge in [-0.2, -0.15) is 0 Å². The molecule has 0 radical (unpaired) electrons. The number of carbonyl (C=O) groups is 4. The number of benzene rings is 3. The SMILES string of the molecule is COC(=O)CC1(C(=O)N2[C@H](c3nc4cc(-c5cc6ccc5CCC5=C[C@@H](c7ccc8[nH]c([C@@H]9C[C@@H]%10CCCC[C@@H]%10N9C(=O)C9(CC(=O)OC)COC9)nc8c7)C(C=C5)CC6)ccc4[nH]3)C[C@@H]3CCCC[C@@H]32)COC1. The van der Waals surface area contributed by atoms with Crippen LogP contribution in [-0.2, 0) is 51.0 Å². The highest BCUT2D eigenvalue weighted by atomic mass is 16.5.